The summed E-state index contributed by atoms with van der Waals surface area (Å²) in [5.74, 6) is -0.645. The molecule has 0 fully saturated rings. The van der Waals surface area contributed by atoms with Crippen molar-refractivity contribution in [1.29, 1.82) is 0 Å². The van der Waals surface area contributed by atoms with Gasteiger partial charge in [-0.05, 0) is 12.5 Å². The summed E-state index contributed by atoms with van der Waals surface area (Å²) in [7, 11) is 1.28. The summed E-state index contributed by atoms with van der Waals surface area (Å²) in [6, 6.07) is 0.707. The van der Waals surface area contributed by atoms with Crippen molar-refractivity contribution < 1.29 is 18.0 Å². The zero-order valence-corrected chi connectivity index (χ0v) is 13.3. The van der Waals surface area contributed by atoms with E-state index in [0.29, 0.717) is 17.2 Å². The van der Waals surface area contributed by atoms with Gasteiger partial charge in [0.1, 0.15) is 5.69 Å². The highest BCUT2D eigenvalue weighted by molar-refractivity contribution is 5.92. The molecular formula is C15H22F3N3O. The number of aromatic nitrogens is 2. The third-order valence-corrected chi connectivity index (χ3v) is 2.47. The zero-order chi connectivity index (χ0) is 17.5. The lowest BCUT2D eigenvalue weighted by atomic mass is 10.1. The Morgan fingerprint density at radius 3 is 2.23 bits per heavy atom. The van der Waals surface area contributed by atoms with Crippen LogP contribution >= 0.6 is 0 Å². The summed E-state index contributed by atoms with van der Waals surface area (Å²) < 4.78 is 38.2. The highest BCUT2D eigenvalue weighted by atomic mass is 19.4. The monoisotopic (exact) mass is 317 g/mol. The summed E-state index contributed by atoms with van der Waals surface area (Å²) >= 11 is 0. The van der Waals surface area contributed by atoms with Gasteiger partial charge in [0.2, 0.25) is 0 Å². The average molecular weight is 317 g/mol. The van der Waals surface area contributed by atoms with Crippen LogP contribution < -0.4 is 5.32 Å². The van der Waals surface area contributed by atoms with Gasteiger partial charge in [0.05, 0.1) is 0 Å². The van der Waals surface area contributed by atoms with Crippen LogP contribution in [0.2, 0.25) is 0 Å². The minimum absolute atomic E-state index is 0.126. The normalized spacial score (nSPS) is 10.5. The summed E-state index contributed by atoms with van der Waals surface area (Å²) in [5, 5.41) is 5.71. The van der Waals surface area contributed by atoms with Crippen molar-refractivity contribution in [3.63, 3.8) is 0 Å². The van der Waals surface area contributed by atoms with Gasteiger partial charge in [-0.25, -0.2) is 0 Å². The van der Waals surface area contributed by atoms with E-state index in [0.717, 1.165) is 4.68 Å². The molecule has 1 rings (SSSR count). The summed E-state index contributed by atoms with van der Waals surface area (Å²) in [4.78, 5) is 11.7. The van der Waals surface area contributed by atoms with Crippen molar-refractivity contribution in [2.75, 3.05) is 6.54 Å². The van der Waals surface area contributed by atoms with Crippen molar-refractivity contribution in [1.82, 2.24) is 15.1 Å². The van der Waals surface area contributed by atoms with Gasteiger partial charge in [-0.2, -0.15) is 18.3 Å². The van der Waals surface area contributed by atoms with Crippen molar-refractivity contribution >= 4 is 5.91 Å². The van der Waals surface area contributed by atoms with E-state index >= 15 is 0 Å². The summed E-state index contributed by atoms with van der Waals surface area (Å²) in [6.45, 7) is 13.4. The van der Waals surface area contributed by atoms with E-state index in [9.17, 15) is 18.0 Å². The van der Waals surface area contributed by atoms with E-state index in [2.05, 4.69) is 37.4 Å². The molecule has 0 aliphatic rings. The number of halogens is 3. The van der Waals surface area contributed by atoms with Gasteiger partial charge < -0.3 is 5.32 Å². The first kappa shape index (κ1) is 19.9. The lowest BCUT2D eigenvalue weighted by Gasteiger charge is -2.07. The largest absolute Gasteiger partial charge is 0.435 e. The van der Waals surface area contributed by atoms with Gasteiger partial charge >= 0.3 is 6.18 Å². The second-order valence-electron chi connectivity index (χ2n) is 4.81. The first-order valence-corrected chi connectivity index (χ1v) is 6.77. The van der Waals surface area contributed by atoms with Gasteiger partial charge in [-0.3, -0.25) is 9.48 Å². The molecule has 0 unspecified atom stereocenters. The number of carbonyl (C=O) groups excluding carboxylic acids is 1. The fraction of sp³-hybridized carbons (Fsp3) is 0.467. The van der Waals surface area contributed by atoms with Gasteiger partial charge in [0.15, 0.2) is 5.69 Å². The molecule has 124 valence electrons. The molecule has 7 heteroatoms. The quantitative estimate of drug-likeness (QED) is 0.860. The third kappa shape index (κ3) is 6.15. The maximum atomic E-state index is 12.4. The Kier molecular flexibility index (Phi) is 7.62. The highest BCUT2D eigenvalue weighted by Gasteiger charge is 2.35. The van der Waals surface area contributed by atoms with Gasteiger partial charge in [0.25, 0.3) is 5.91 Å². The van der Waals surface area contributed by atoms with E-state index < -0.39 is 17.8 Å². The molecule has 4 nitrogen and oxygen atoms in total. The molecule has 0 saturated carbocycles. The van der Waals surface area contributed by atoms with E-state index in [-0.39, 0.29) is 12.2 Å². The van der Waals surface area contributed by atoms with Crippen LogP contribution in [-0.4, -0.2) is 22.2 Å². The molecule has 0 aliphatic carbocycles. The van der Waals surface area contributed by atoms with E-state index in [1.165, 1.54) is 13.5 Å². The van der Waals surface area contributed by atoms with E-state index in [4.69, 9.17) is 0 Å². The van der Waals surface area contributed by atoms with Crippen LogP contribution in [0.3, 0.4) is 0 Å². The molecule has 0 aliphatic heterocycles. The zero-order valence-electron chi connectivity index (χ0n) is 13.3. The summed E-state index contributed by atoms with van der Waals surface area (Å²) in [6.07, 6.45) is -3.32. The summed E-state index contributed by atoms with van der Waals surface area (Å²) in [5.41, 5.74) is 0.0357. The Bertz CT molecular complexity index is 545. The fourth-order valence-corrected chi connectivity index (χ4v) is 1.25. The molecule has 0 spiro atoms. The average Bonchev–Trinajstić information content (AvgIpc) is 2.78. The van der Waals surface area contributed by atoms with Crippen LogP contribution in [0, 0.1) is 0 Å². The van der Waals surface area contributed by atoms with Crippen molar-refractivity contribution in [3.8, 4) is 0 Å². The van der Waals surface area contributed by atoms with Gasteiger partial charge in [0, 0.05) is 19.7 Å². The second-order valence-corrected chi connectivity index (χ2v) is 4.81. The number of rotatable bonds is 4. The molecular weight excluding hydrogens is 295 g/mol. The van der Waals surface area contributed by atoms with Crippen LogP contribution in [-0.2, 0) is 13.2 Å². The molecule has 0 aromatic carbocycles. The lowest BCUT2D eigenvalue weighted by Crippen LogP contribution is -2.27. The highest BCUT2D eigenvalue weighted by Crippen LogP contribution is 2.28. The molecule has 1 amide bonds. The molecule has 0 radical (unpaired) electrons. The maximum Gasteiger partial charge on any atom is 0.435 e. The molecule has 1 aromatic rings. The Hall–Kier alpha value is -2.05. The number of amides is 1. The maximum absolute atomic E-state index is 12.4. The SMILES string of the molecule is C=C(C)C(=C)CNC(=O)c1cc(C(F)(F)F)nn1C.CCC. The standard InChI is InChI=1S/C12H14F3N3O.C3H8/c1-7(2)8(3)6-16-11(19)9-5-10(12(13,14)15)17-18(9)4;1-3-2/h5H,1,3,6H2,2,4H3,(H,16,19);3H2,1-2H3. The van der Waals surface area contributed by atoms with Crippen LogP contribution in [0.5, 0.6) is 0 Å². The first-order chi connectivity index (χ1) is 10.0. The number of alkyl halides is 3. The van der Waals surface area contributed by atoms with E-state index in [1.54, 1.807) is 6.92 Å². The number of hydrogen-bond donors (Lipinski definition) is 1. The molecule has 0 atom stereocenters. The number of carbonyl (C=O) groups is 1. The fourth-order valence-electron chi connectivity index (χ4n) is 1.25. The van der Waals surface area contributed by atoms with Crippen molar-refractivity contribution in [3.05, 3.63) is 41.8 Å². The predicted octanol–water partition coefficient (Wildman–Crippen LogP) is 3.72. The number of hydrogen-bond acceptors (Lipinski definition) is 2. The van der Waals surface area contributed by atoms with Crippen LogP contribution in [0.25, 0.3) is 0 Å². The second kappa shape index (κ2) is 8.41. The Morgan fingerprint density at radius 2 is 1.86 bits per heavy atom. The van der Waals surface area contributed by atoms with Crippen LogP contribution in [0.1, 0.15) is 43.4 Å². The van der Waals surface area contributed by atoms with Crippen LogP contribution in [0.4, 0.5) is 13.2 Å². The first-order valence-electron chi connectivity index (χ1n) is 6.77. The van der Waals surface area contributed by atoms with Gasteiger partial charge in [-0.15, -0.1) is 0 Å². The van der Waals surface area contributed by atoms with Crippen molar-refractivity contribution in [2.45, 2.75) is 33.4 Å². The van der Waals surface area contributed by atoms with E-state index in [1.807, 2.05) is 0 Å². The number of aryl methyl sites for hydroxylation is 1. The lowest BCUT2D eigenvalue weighted by molar-refractivity contribution is -0.141. The molecule has 1 N–H and O–H groups in total. The van der Waals surface area contributed by atoms with Gasteiger partial charge in [-0.1, -0.05) is 39.0 Å². The Morgan fingerprint density at radius 1 is 1.36 bits per heavy atom. The molecule has 22 heavy (non-hydrogen) atoms. The minimum atomic E-state index is -4.57. The topological polar surface area (TPSA) is 46.9 Å². The number of nitrogens with one attached hydrogen (secondary N) is 1. The third-order valence-electron chi connectivity index (χ3n) is 2.47. The minimum Gasteiger partial charge on any atom is -0.347 e. The Labute approximate surface area is 128 Å². The molecule has 0 bridgehead atoms. The Balaban J connectivity index is 0.00000135. The number of nitrogens with zero attached hydrogens (tertiary/aromatic N) is 2. The molecule has 1 aromatic heterocycles. The molecule has 1 heterocycles. The van der Waals surface area contributed by atoms with Crippen molar-refractivity contribution in [2.24, 2.45) is 7.05 Å². The predicted molar refractivity (Wildman–Crippen MR) is 80.5 cm³/mol. The smallest absolute Gasteiger partial charge is 0.347 e. The van der Waals surface area contributed by atoms with Crippen LogP contribution in [0.15, 0.2) is 30.4 Å². The molecule has 0 saturated heterocycles.